The average Bonchev–Trinajstić information content (AvgIpc) is 2.71. The Balaban J connectivity index is 0. The Bertz CT molecular complexity index is 292. The molecule has 96 valence electrons. The quantitative estimate of drug-likeness (QED) is 0.852. The minimum absolute atomic E-state index is 0. The molecule has 0 spiro atoms. The van der Waals surface area contributed by atoms with Crippen molar-refractivity contribution < 1.29 is 0 Å². The number of hydrogen-bond acceptors (Lipinski definition) is 3. The van der Waals surface area contributed by atoms with E-state index in [1.807, 2.05) is 17.9 Å². The van der Waals surface area contributed by atoms with Crippen LogP contribution in [0.1, 0.15) is 11.5 Å². The zero-order valence-electron chi connectivity index (χ0n) is 9.13. The molecule has 7 heteroatoms. The van der Waals surface area contributed by atoms with Gasteiger partial charge in [-0.3, -0.25) is 4.68 Å². The molecule has 0 bridgehead atoms. The van der Waals surface area contributed by atoms with Crippen molar-refractivity contribution in [2.24, 2.45) is 18.7 Å². The van der Waals surface area contributed by atoms with Gasteiger partial charge in [0.05, 0.1) is 6.20 Å². The van der Waals surface area contributed by atoms with Gasteiger partial charge >= 0.3 is 0 Å². The van der Waals surface area contributed by atoms with Gasteiger partial charge in [-0.15, -0.1) is 37.2 Å². The van der Waals surface area contributed by atoms with Crippen molar-refractivity contribution in [2.75, 3.05) is 19.6 Å². The monoisotopic (exact) mass is 288 g/mol. The predicted octanol–water partition coefficient (Wildman–Crippen LogP) is 0.947. The molecular formula is C9H19Cl3N4. The summed E-state index contributed by atoms with van der Waals surface area (Å²) >= 11 is 0. The van der Waals surface area contributed by atoms with Gasteiger partial charge in [-0.25, -0.2) is 0 Å². The second-order valence-electron chi connectivity index (χ2n) is 3.71. The smallest absolute Gasteiger partial charge is 0.0525 e. The van der Waals surface area contributed by atoms with Gasteiger partial charge in [0.2, 0.25) is 0 Å². The number of aromatic nitrogens is 2. The van der Waals surface area contributed by atoms with Gasteiger partial charge in [-0.1, -0.05) is 0 Å². The van der Waals surface area contributed by atoms with E-state index in [2.05, 4.69) is 16.6 Å². The largest absolute Gasteiger partial charge is 0.330 e. The first-order valence-corrected chi connectivity index (χ1v) is 4.70. The van der Waals surface area contributed by atoms with Gasteiger partial charge in [0.15, 0.2) is 0 Å². The molecule has 2 atom stereocenters. The number of halogens is 3. The van der Waals surface area contributed by atoms with Crippen LogP contribution in [0.15, 0.2) is 12.4 Å². The van der Waals surface area contributed by atoms with Gasteiger partial charge in [-0.05, 0) is 24.6 Å². The summed E-state index contributed by atoms with van der Waals surface area (Å²) < 4.78 is 1.85. The van der Waals surface area contributed by atoms with Gasteiger partial charge in [-0.2, -0.15) is 5.10 Å². The summed E-state index contributed by atoms with van der Waals surface area (Å²) in [5.74, 6) is 1.13. The lowest BCUT2D eigenvalue weighted by molar-refractivity contribution is 0.530. The highest BCUT2D eigenvalue weighted by Gasteiger charge is 2.27. The molecule has 4 nitrogen and oxygen atoms in total. The summed E-state index contributed by atoms with van der Waals surface area (Å²) in [6.07, 6.45) is 4.03. The molecule has 0 saturated carbocycles. The van der Waals surface area contributed by atoms with Crippen LogP contribution in [0.5, 0.6) is 0 Å². The highest BCUT2D eigenvalue weighted by molar-refractivity contribution is 5.86. The maximum atomic E-state index is 5.70. The van der Waals surface area contributed by atoms with Crippen LogP contribution >= 0.6 is 37.2 Å². The SMILES string of the molecule is Cl.Cl.Cl.Cn1cc(C2CNCC2CN)cn1. The van der Waals surface area contributed by atoms with E-state index >= 15 is 0 Å². The van der Waals surface area contributed by atoms with E-state index in [1.54, 1.807) is 0 Å². The summed E-state index contributed by atoms with van der Waals surface area (Å²) in [7, 11) is 1.95. The first-order chi connectivity index (χ1) is 6.31. The van der Waals surface area contributed by atoms with Crippen LogP contribution in [-0.2, 0) is 7.05 Å². The molecule has 1 aromatic heterocycles. The third-order valence-electron chi connectivity index (χ3n) is 2.80. The number of hydrogen-bond donors (Lipinski definition) is 2. The number of nitrogens with one attached hydrogen (secondary N) is 1. The summed E-state index contributed by atoms with van der Waals surface area (Å²) in [5, 5.41) is 7.54. The second kappa shape index (κ2) is 8.14. The zero-order chi connectivity index (χ0) is 9.26. The Kier molecular flexibility index (Phi) is 9.35. The highest BCUT2D eigenvalue weighted by Crippen LogP contribution is 2.26. The molecule has 0 radical (unpaired) electrons. The van der Waals surface area contributed by atoms with Crippen LogP contribution < -0.4 is 11.1 Å². The fraction of sp³-hybridized carbons (Fsp3) is 0.667. The van der Waals surface area contributed by atoms with E-state index in [0.29, 0.717) is 11.8 Å². The van der Waals surface area contributed by atoms with Crippen LogP contribution in [0.25, 0.3) is 0 Å². The minimum atomic E-state index is 0. The number of rotatable bonds is 2. The Morgan fingerprint density at radius 1 is 1.44 bits per heavy atom. The molecule has 0 aliphatic carbocycles. The topological polar surface area (TPSA) is 55.9 Å². The minimum Gasteiger partial charge on any atom is -0.330 e. The summed E-state index contributed by atoms with van der Waals surface area (Å²) in [6.45, 7) is 2.83. The van der Waals surface area contributed by atoms with E-state index in [4.69, 9.17) is 5.73 Å². The number of nitrogens with two attached hydrogens (primary N) is 1. The predicted molar refractivity (Wildman–Crippen MR) is 73.1 cm³/mol. The Morgan fingerprint density at radius 3 is 2.62 bits per heavy atom. The third kappa shape index (κ3) is 3.79. The standard InChI is InChI=1S/C9H16N4.3ClH/c1-13-6-8(4-12-13)9-5-11-3-7(9)2-10;;;/h4,6-7,9,11H,2-3,5,10H2,1H3;3*1H. The van der Waals surface area contributed by atoms with Crippen LogP contribution in [0.2, 0.25) is 0 Å². The van der Waals surface area contributed by atoms with Crippen LogP contribution in [-0.4, -0.2) is 29.4 Å². The number of aryl methyl sites for hydroxylation is 1. The van der Waals surface area contributed by atoms with E-state index in [0.717, 1.165) is 19.6 Å². The molecule has 2 unspecified atom stereocenters. The molecular weight excluding hydrogens is 270 g/mol. The lowest BCUT2D eigenvalue weighted by Crippen LogP contribution is -2.20. The lowest BCUT2D eigenvalue weighted by atomic mass is 9.91. The molecule has 2 rings (SSSR count). The maximum Gasteiger partial charge on any atom is 0.0525 e. The van der Waals surface area contributed by atoms with E-state index < -0.39 is 0 Å². The average molecular weight is 290 g/mol. The maximum absolute atomic E-state index is 5.70. The first kappa shape index (κ1) is 18.4. The van der Waals surface area contributed by atoms with Crippen LogP contribution in [0.3, 0.4) is 0 Å². The molecule has 1 fully saturated rings. The van der Waals surface area contributed by atoms with E-state index in [9.17, 15) is 0 Å². The Hall–Kier alpha value is -0.0000000000000000555. The molecule has 1 aromatic rings. The van der Waals surface area contributed by atoms with Crippen molar-refractivity contribution in [2.45, 2.75) is 5.92 Å². The zero-order valence-corrected chi connectivity index (χ0v) is 11.6. The fourth-order valence-electron chi connectivity index (χ4n) is 2.00. The van der Waals surface area contributed by atoms with Crippen molar-refractivity contribution in [3.05, 3.63) is 18.0 Å². The molecule has 1 aliphatic heterocycles. The van der Waals surface area contributed by atoms with Crippen LogP contribution in [0, 0.1) is 5.92 Å². The molecule has 0 aromatic carbocycles. The second-order valence-corrected chi connectivity index (χ2v) is 3.71. The highest BCUT2D eigenvalue weighted by atomic mass is 35.5. The Labute approximate surface area is 115 Å². The summed E-state index contributed by atoms with van der Waals surface area (Å²) in [5.41, 5.74) is 7.01. The van der Waals surface area contributed by atoms with Crippen LogP contribution in [0.4, 0.5) is 0 Å². The molecule has 3 N–H and O–H groups in total. The molecule has 0 amide bonds. The number of nitrogens with zero attached hydrogens (tertiary/aromatic N) is 2. The van der Waals surface area contributed by atoms with Gasteiger partial charge in [0, 0.05) is 25.7 Å². The van der Waals surface area contributed by atoms with Gasteiger partial charge in [0.25, 0.3) is 0 Å². The first-order valence-electron chi connectivity index (χ1n) is 4.70. The van der Waals surface area contributed by atoms with Crippen molar-refractivity contribution in [3.8, 4) is 0 Å². The van der Waals surface area contributed by atoms with E-state index in [1.165, 1.54) is 5.56 Å². The van der Waals surface area contributed by atoms with Gasteiger partial charge in [0.1, 0.15) is 0 Å². The molecule has 1 aliphatic rings. The molecule has 16 heavy (non-hydrogen) atoms. The molecule has 2 heterocycles. The fourth-order valence-corrected chi connectivity index (χ4v) is 2.00. The van der Waals surface area contributed by atoms with Gasteiger partial charge < -0.3 is 11.1 Å². The van der Waals surface area contributed by atoms with Crippen molar-refractivity contribution in [3.63, 3.8) is 0 Å². The normalized spacial score (nSPS) is 22.9. The molecule has 1 saturated heterocycles. The summed E-state index contributed by atoms with van der Waals surface area (Å²) in [4.78, 5) is 0. The Morgan fingerprint density at radius 2 is 2.12 bits per heavy atom. The van der Waals surface area contributed by atoms with Crippen molar-refractivity contribution in [1.82, 2.24) is 15.1 Å². The summed E-state index contributed by atoms with van der Waals surface area (Å²) in [6, 6.07) is 0. The van der Waals surface area contributed by atoms with E-state index in [-0.39, 0.29) is 37.2 Å². The van der Waals surface area contributed by atoms with Crippen molar-refractivity contribution in [1.29, 1.82) is 0 Å². The third-order valence-corrected chi connectivity index (χ3v) is 2.80. The lowest BCUT2D eigenvalue weighted by Gasteiger charge is -2.14. The van der Waals surface area contributed by atoms with Crippen molar-refractivity contribution >= 4 is 37.2 Å².